The van der Waals surface area contributed by atoms with Gasteiger partial charge in [0.05, 0.1) is 10.2 Å². The van der Waals surface area contributed by atoms with Crippen LogP contribution >= 0.6 is 11.3 Å². The summed E-state index contributed by atoms with van der Waals surface area (Å²) in [6.45, 7) is 5.77. The van der Waals surface area contributed by atoms with E-state index in [1.165, 1.54) is 4.70 Å². The molecule has 1 N–H and O–H groups in total. The molecule has 3 heterocycles. The predicted octanol–water partition coefficient (Wildman–Crippen LogP) is 4.64. The highest BCUT2D eigenvalue weighted by Crippen LogP contribution is 2.38. The molecule has 4 rings (SSSR count). The molecule has 134 valence electrons. The zero-order chi connectivity index (χ0) is 17.6. The van der Waals surface area contributed by atoms with Gasteiger partial charge in [-0.3, -0.25) is 0 Å². The molecule has 0 spiro atoms. The number of ether oxygens (including phenoxy) is 1. The predicted molar refractivity (Wildman–Crippen MR) is 101 cm³/mol. The Balaban J connectivity index is 1.43. The van der Waals surface area contributed by atoms with Gasteiger partial charge in [-0.1, -0.05) is 23.5 Å². The summed E-state index contributed by atoms with van der Waals surface area (Å²) >= 11 is 1.70. The number of anilines is 1. The van der Waals surface area contributed by atoms with Crippen LogP contribution in [0.5, 0.6) is 0 Å². The number of aromatic nitrogens is 1. The quantitative estimate of drug-likeness (QED) is 0.849. The van der Waals surface area contributed by atoms with Crippen molar-refractivity contribution in [1.29, 1.82) is 0 Å². The zero-order valence-electron chi connectivity index (χ0n) is 15.0. The van der Waals surface area contributed by atoms with E-state index >= 15 is 0 Å². The van der Waals surface area contributed by atoms with Gasteiger partial charge in [-0.15, -0.1) is 0 Å². The number of carbonyl (C=O) groups is 1. The number of fused-ring (bicyclic) bond motifs is 3. The van der Waals surface area contributed by atoms with Gasteiger partial charge >= 0.3 is 6.09 Å². The van der Waals surface area contributed by atoms with E-state index in [0.717, 1.165) is 36.3 Å². The molecule has 2 aliphatic rings. The number of thiazole rings is 1. The van der Waals surface area contributed by atoms with E-state index in [1.54, 1.807) is 11.3 Å². The highest BCUT2D eigenvalue weighted by atomic mass is 32.1. The van der Waals surface area contributed by atoms with Crippen LogP contribution < -0.4 is 5.32 Å². The molecule has 0 radical (unpaired) electrons. The Morgan fingerprint density at radius 1 is 1.24 bits per heavy atom. The van der Waals surface area contributed by atoms with Gasteiger partial charge in [0, 0.05) is 18.1 Å². The van der Waals surface area contributed by atoms with Crippen LogP contribution in [0.2, 0.25) is 0 Å². The number of rotatable bonds is 2. The summed E-state index contributed by atoms with van der Waals surface area (Å²) in [5.41, 5.74) is 0.608. The SMILES string of the molecule is CC(C)(C)OC(=O)N1C2CCC1CC(Nc1nc3ccccc3s1)C2. The van der Waals surface area contributed by atoms with Crippen molar-refractivity contribution in [2.75, 3.05) is 5.32 Å². The van der Waals surface area contributed by atoms with E-state index in [0.29, 0.717) is 6.04 Å². The summed E-state index contributed by atoms with van der Waals surface area (Å²) in [7, 11) is 0. The molecule has 2 unspecified atom stereocenters. The molecule has 1 amide bonds. The zero-order valence-corrected chi connectivity index (χ0v) is 15.8. The summed E-state index contributed by atoms with van der Waals surface area (Å²) in [6.07, 6.45) is 3.92. The van der Waals surface area contributed by atoms with Crippen LogP contribution in [0.25, 0.3) is 10.2 Å². The van der Waals surface area contributed by atoms with Crippen LogP contribution in [-0.2, 0) is 4.74 Å². The third kappa shape index (κ3) is 3.45. The van der Waals surface area contributed by atoms with E-state index in [2.05, 4.69) is 16.4 Å². The molecule has 2 aromatic rings. The number of piperidine rings is 1. The van der Waals surface area contributed by atoms with E-state index in [1.807, 2.05) is 43.9 Å². The highest BCUT2D eigenvalue weighted by molar-refractivity contribution is 7.22. The fraction of sp³-hybridized carbons (Fsp3) is 0.579. The van der Waals surface area contributed by atoms with Crippen molar-refractivity contribution >= 4 is 32.8 Å². The van der Waals surface area contributed by atoms with Crippen molar-refractivity contribution in [2.24, 2.45) is 0 Å². The maximum absolute atomic E-state index is 12.5. The molecule has 2 atom stereocenters. The lowest BCUT2D eigenvalue weighted by Gasteiger charge is -2.39. The third-order valence-corrected chi connectivity index (χ3v) is 5.93. The number of hydrogen-bond donors (Lipinski definition) is 1. The lowest BCUT2D eigenvalue weighted by molar-refractivity contribution is 0.00684. The van der Waals surface area contributed by atoms with Gasteiger partial charge < -0.3 is 15.0 Å². The van der Waals surface area contributed by atoms with Crippen molar-refractivity contribution in [1.82, 2.24) is 9.88 Å². The maximum atomic E-state index is 12.5. The number of nitrogens with one attached hydrogen (secondary N) is 1. The molecule has 0 saturated carbocycles. The fourth-order valence-electron chi connectivity index (χ4n) is 4.02. The molecule has 25 heavy (non-hydrogen) atoms. The number of hydrogen-bond acceptors (Lipinski definition) is 5. The normalized spacial score (nSPS) is 26.0. The summed E-state index contributed by atoms with van der Waals surface area (Å²) in [5, 5.41) is 4.59. The van der Waals surface area contributed by atoms with E-state index in [-0.39, 0.29) is 18.2 Å². The fourth-order valence-corrected chi connectivity index (χ4v) is 4.96. The van der Waals surface area contributed by atoms with Gasteiger partial charge in [-0.2, -0.15) is 0 Å². The second-order valence-electron chi connectivity index (χ2n) is 8.07. The molecule has 5 nitrogen and oxygen atoms in total. The number of carbonyl (C=O) groups excluding carboxylic acids is 1. The second-order valence-corrected chi connectivity index (χ2v) is 9.10. The number of amides is 1. The Morgan fingerprint density at radius 2 is 1.92 bits per heavy atom. The lowest BCUT2D eigenvalue weighted by atomic mass is 9.98. The van der Waals surface area contributed by atoms with Crippen LogP contribution in [0.4, 0.5) is 9.93 Å². The van der Waals surface area contributed by atoms with Crippen molar-refractivity contribution in [3.05, 3.63) is 24.3 Å². The van der Waals surface area contributed by atoms with Crippen LogP contribution in [0.1, 0.15) is 46.5 Å². The average Bonchev–Trinajstić information content (AvgIpc) is 3.04. The Morgan fingerprint density at radius 3 is 2.56 bits per heavy atom. The van der Waals surface area contributed by atoms with Gasteiger partial charge in [0.15, 0.2) is 5.13 Å². The minimum absolute atomic E-state index is 0.154. The van der Waals surface area contributed by atoms with E-state index in [9.17, 15) is 4.79 Å². The monoisotopic (exact) mass is 359 g/mol. The van der Waals surface area contributed by atoms with E-state index < -0.39 is 5.60 Å². The van der Waals surface area contributed by atoms with E-state index in [4.69, 9.17) is 4.74 Å². The van der Waals surface area contributed by atoms with Crippen LogP contribution in [0.3, 0.4) is 0 Å². The van der Waals surface area contributed by atoms with Crippen molar-refractivity contribution in [2.45, 2.75) is 70.2 Å². The number of benzene rings is 1. The first kappa shape index (κ1) is 16.6. The second kappa shape index (κ2) is 6.16. The summed E-state index contributed by atoms with van der Waals surface area (Å²) in [5.74, 6) is 0. The van der Waals surface area contributed by atoms with Gasteiger partial charge in [0.2, 0.25) is 0 Å². The highest BCUT2D eigenvalue weighted by Gasteiger charge is 2.44. The molecule has 1 aromatic carbocycles. The summed E-state index contributed by atoms with van der Waals surface area (Å²) in [4.78, 5) is 19.2. The smallest absolute Gasteiger partial charge is 0.410 e. The van der Waals surface area contributed by atoms with Gasteiger partial charge in [0.25, 0.3) is 0 Å². The number of nitrogens with zero attached hydrogens (tertiary/aromatic N) is 2. The summed E-state index contributed by atoms with van der Waals surface area (Å²) in [6, 6.07) is 9.14. The molecule has 0 aliphatic carbocycles. The first-order valence-electron chi connectivity index (χ1n) is 9.02. The standard InChI is InChI=1S/C19H25N3O2S/c1-19(2,3)24-18(23)22-13-8-9-14(22)11-12(10-13)20-17-21-15-6-4-5-7-16(15)25-17/h4-7,12-14H,8-11H2,1-3H3,(H,20,21). The molecule has 2 bridgehead atoms. The van der Waals surface area contributed by atoms with Gasteiger partial charge in [-0.05, 0) is 58.6 Å². The molecular weight excluding hydrogens is 334 g/mol. The third-order valence-electron chi connectivity index (χ3n) is 4.96. The first-order chi connectivity index (χ1) is 11.9. The molecule has 2 fully saturated rings. The lowest BCUT2D eigenvalue weighted by Crippen LogP contribution is -2.51. The van der Waals surface area contributed by atoms with Crippen molar-refractivity contribution < 1.29 is 9.53 Å². The van der Waals surface area contributed by atoms with Crippen LogP contribution in [-0.4, -0.2) is 39.7 Å². The Bertz CT molecular complexity index is 735. The van der Waals surface area contributed by atoms with Crippen LogP contribution in [0.15, 0.2) is 24.3 Å². The average molecular weight is 359 g/mol. The van der Waals surface area contributed by atoms with Crippen molar-refractivity contribution in [3.8, 4) is 0 Å². The van der Waals surface area contributed by atoms with Crippen LogP contribution in [0, 0.1) is 0 Å². The molecular formula is C19H25N3O2S. The minimum Gasteiger partial charge on any atom is -0.444 e. The molecule has 6 heteroatoms. The molecule has 2 aliphatic heterocycles. The van der Waals surface area contributed by atoms with Crippen molar-refractivity contribution in [3.63, 3.8) is 0 Å². The Hall–Kier alpha value is -1.82. The first-order valence-corrected chi connectivity index (χ1v) is 9.84. The maximum Gasteiger partial charge on any atom is 0.410 e. The Labute approximate surface area is 152 Å². The topological polar surface area (TPSA) is 54.5 Å². The van der Waals surface area contributed by atoms with Gasteiger partial charge in [-0.25, -0.2) is 9.78 Å². The molecule has 2 saturated heterocycles. The largest absolute Gasteiger partial charge is 0.444 e. The Kier molecular flexibility index (Phi) is 4.10. The molecule has 1 aromatic heterocycles. The summed E-state index contributed by atoms with van der Waals surface area (Å²) < 4.78 is 6.82. The minimum atomic E-state index is -0.438. The number of para-hydroxylation sites is 1. The van der Waals surface area contributed by atoms with Gasteiger partial charge in [0.1, 0.15) is 5.60 Å².